The Bertz CT molecular complexity index is 1590. The minimum absolute atomic E-state index is 0.000204. The number of alkyl halides is 9. The Labute approximate surface area is 274 Å². The lowest BCUT2D eigenvalue weighted by Gasteiger charge is -2.33. The summed E-state index contributed by atoms with van der Waals surface area (Å²) in [4.78, 5) is 0. The molecule has 0 bridgehead atoms. The zero-order valence-electron chi connectivity index (χ0n) is 26.1. The van der Waals surface area contributed by atoms with Gasteiger partial charge >= 0.3 is 42.1 Å². The van der Waals surface area contributed by atoms with E-state index >= 15 is 8.78 Å². The van der Waals surface area contributed by atoms with Gasteiger partial charge in [-0.15, -0.1) is 0 Å². The molecule has 278 valence electrons. The summed E-state index contributed by atoms with van der Waals surface area (Å²) >= 11 is 0. The number of nitrogens with one attached hydrogen (secondary N) is 1. The molecule has 0 saturated heterocycles. The first-order valence-electron chi connectivity index (χ1n) is 15.5. The van der Waals surface area contributed by atoms with Crippen molar-refractivity contribution in [1.82, 2.24) is 4.13 Å². The summed E-state index contributed by atoms with van der Waals surface area (Å²) in [5.74, 6) is -9.41. The molecule has 1 atom stereocenters. The molecular formula is C28H38F9NO7S3. The van der Waals surface area contributed by atoms with Crippen LogP contribution in [0.5, 0.6) is 5.75 Å². The molecule has 2 aliphatic carbocycles. The Hall–Kier alpha value is -1.80. The maximum absolute atomic E-state index is 15.3. The second-order valence-corrected chi connectivity index (χ2v) is 17.5. The van der Waals surface area contributed by atoms with E-state index in [1.54, 1.807) is 19.9 Å². The van der Waals surface area contributed by atoms with E-state index in [0.717, 1.165) is 44.1 Å². The van der Waals surface area contributed by atoms with E-state index in [0.29, 0.717) is 44.9 Å². The van der Waals surface area contributed by atoms with Gasteiger partial charge in [-0.05, 0) is 73.0 Å². The van der Waals surface area contributed by atoms with E-state index in [9.17, 15) is 56.0 Å². The molecule has 0 aromatic heterocycles. The zero-order chi connectivity index (χ0) is 36.6. The third-order valence-corrected chi connectivity index (χ3v) is 13.5. The molecule has 0 radical (unpaired) electrons. The molecule has 1 aromatic carbocycles. The zero-order valence-corrected chi connectivity index (χ0v) is 28.5. The van der Waals surface area contributed by atoms with Crippen LogP contribution in [0.3, 0.4) is 0 Å². The van der Waals surface area contributed by atoms with Crippen LogP contribution in [-0.2, 0) is 30.2 Å². The maximum atomic E-state index is 15.3. The van der Waals surface area contributed by atoms with Crippen LogP contribution in [0, 0.1) is 0 Å². The highest BCUT2D eigenvalue weighted by Crippen LogP contribution is 2.53. The number of hydrogen-bond donors (Lipinski definition) is 1. The lowest BCUT2D eigenvalue weighted by molar-refractivity contribution is -0.245. The summed E-state index contributed by atoms with van der Waals surface area (Å²) in [7, 11) is -22.5. The SMILES string of the molecule is CCCC(CC)c1cc(C2CCCCC2)cc(C2CCCCC2)c1OS(=O)(=O)C(F)(F)C(F)(F)C(F)(F)S(=O)(=O)NS(=O)(=O)C(F)(F)F. The summed E-state index contributed by atoms with van der Waals surface area (Å²) < 4.78 is 203. The Balaban J connectivity index is 2.22. The Morgan fingerprint density at radius 1 is 0.729 bits per heavy atom. The first-order chi connectivity index (χ1) is 21.9. The highest BCUT2D eigenvalue weighted by molar-refractivity contribution is 8.05. The van der Waals surface area contributed by atoms with Crippen LogP contribution in [0.4, 0.5) is 39.5 Å². The smallest absolute Gasteiger partial charge is 0.377 e. The summed E-state index contributed by atoms with van der Waals surface area (Å²) in [6, 6.07) is 3.10. The monoisotopic (exact) mass is 767 g/mol. The second-order valence-electron chi connectivity index (χ2n) is 12.3. The van der Waals surface area contributed by atoms with Crippen molar-refractivity contribution >= 4 is 30.2 Å². The van der Waals surface area contributed by atoms with E-state index in [4.69, 9.17) is 4.18 Å². The van der Waals surface area contributed by atoms with Crippen LogP contribution in [0.1, 0.15) is 132 Å². The molecule has 1 aromatic rings. The van der Waals surface area contributed by atoms with Crippen LogP contribution in [-0.4, -0.2) is 47.2 Å². The number of halogens is 9. The highest BCUT2D eigenvalue weighted by atomic mass is 32.3. The maximum Gasteiger partial charge on any atom is 0.512 e. The molecule has 1 unspecified atom stereocenters. The van der Waals surface area contributed by atoms with Gasteiger partial charge in [0.15, 0.2) is 0 Å². The van der Waals surface area contributed by atoms with E-state index in [-0.39, 0.29) is 17.0 Å². The summed E-state index contributed by atoms with van der Waals surface area (Å²) in [6.07, 6.45) is 8.35. The third-order valence-electron chi connectivity index (χ3n) is 8.96. The fourth-order valence-corrected chi connectivity index (χ4v) is 9.76. The predicted octanol–water partition coefficient (Wildman–Crippen LogP) is 8.37. The molecule has 2 saturated carbocycles. The first kappa shape index (κ1) is 40.6. The van der Waals surface area contributed by atoms with Gasteiger partial charge in [-0.3, -0.25) is 0 Å². The largest absolute Gasteiger partial charge is 0.512 e. The van der Waals surface area contributed by atoms with Gasteiger partial charge in [0.2, 0.25) is 0 Å². The van der Waals surface area contributed by atoms with E-state index in [1.165, 1.54) is 6.07 Å². The molecule has 2 aliphatic rings. The molecule has 0 spiro atoms. The van der Waals surface area contributed by atoms with Gasteiger partial charge in [0, 0.05) is 0 Å². The van der Waals surface area contributed by atoms with Crippen LogP contribution in [0.25, 0.3) is 0 Å². The fourth-order valence-electron chi connectivity index (χ4n) is 6.32. The Kier molecular flexibility index (Phi) is 12.2. The summed E-state index contributed by atoms with van der Waals surface area (Å²) in [5.41, 5.74) is -5.77. The molecule has 48 heavy (non-hydrogen) atoms. The third kappa shape index (κ3) is 7.75. The molecule has 0 heterocycles. The molecule has 20 heteroatoms. The molecule has 0 aliphatic heterocycles. The molecular weight excluding hydrogens is 729 g/mol. The van der Waals surface area contributed by atoms with Gasteiger partial charge in [0.05, 0.1) is 0 Å². The normalized spacial score (nSPS) is 19.3. The van der Waals surface area contributed by atoms with Crippen molar-refractivity contribution < 1.29 is 69.0 Å². The number of hydrogen-bond acceptors (Lipinski definition) is 7. The summed E-state index contributed by atoms with van der Waals surface area (Å²) in [6.45, 7) is 3.47. The Morgan fingerprint density at radius 2 is 1.23 bits per heavy atom. The van der Waals surface area contributed by atoms with Crippen molar-refractivity contribution in [2.24, 2.45) is 0 Å². The predicted molar refractivity (Wildman–Crippen MR) is 157 cm³/mol. The minimum Gasteiger partial charge on any atom is -0.377 e. The van der Waals surface area contributed by atoms with Crippen LogP contribution in [0.15, 0.2) is 12.1 Å². The topological polar surface area (TPSA) is 124 Å². The van der Waals surface area contributed by atoms with Gasteiger partial charge < -0.3 is 4.18 Å². The van der Waals surface area contributed by atoms with Gasteiger partial charge in [0.25, 0.3) is 10.0 Å². The van der Waals surface area contributed by atoms with E-state index < -0.39 is 73.8 Å². The summed E-state index contributed by atoms with van der Waals surface area (Å²) in [5, 5.41) is -14.6. The molecule has 0 amide bonds. The van der Waals surface area contributed by atoms with Gasteiger partial charge in [-0.25, -0.2) is 16.8 Å². The average Bonchev–Trinajstić information content (AvgIpc) is 2.99. The van der Waals surface area contributed by atoms with Gasteiger partial charge in [-0.2, -0.15) is 47.9 Å². The highest BCUT2D eigenvalue weighted by Gasteiger charge is 2.83. The van der Waals surface area contributed by atoms with E-state index in [1.807, 2.05) is 0 Å². The first-order valence-corrected chi connectivity index (χ1v) is 19.9. The van der Waals surface area contributed by atoms with Crippen LogP contribution >= 0.6 is 0 Å². The van der Waals surface area contributed by atoms with Crippen molar-refractivity contribution in [3.63, 3.8) is 0 Å². The number of sulfonamides is 2. The second kappa shape index (κ2) is 14.4. The average molecular weight is 768 g/mol. The minimum atomic E-state index is -7.89. The van der Waals surface area contributed by atoms with Gasteiger partial charge in [0.1, 0.15) is 5.75 Å². The molecule has 3 rings (SSSR count). The van der Waals surface area contributed by atoms with Crippen LogP contribution in [0.2, 0.25) is 0 Å². The fraction of sp³-hybridized carbons (Fsp3) is 0.786. The van der Waals surface area contributed by atoms with Gasteiger partial charge in [-0.1, -0.05) is 75.1 Å². The van der Waals surface area contributed by atoms with Crippen molar-refractivity contribution in [3.05, 3.63) is 28.8 Å². The lowest BCUT2D eigenvalue weighted by atomic mass is 9.77. The standard InChI is InChI=1S/C28H38F9NO7S3/c1-3-11-18(4-2)22-16-21(19-12-7-5-8-13-19)17-23(20-14-9-6-10-15-20)24(22)45-48(43,44)27(33,34)25(29,30)26(31,32)46(39,40)38-47(41,42)28(35,36)37/h16-20,38H,3-15H2,1-2H3. The lowest BCUT2D eigenvalue weighted by Crippen LogP contribution is -2.64. The molecule has 8 nitrogen and oxygen atoms in total. The van der Waals surface area contributed by atoms with E-state index in [2.05, 4.69) is 0 Å². The molecule has 2 fully saturated rings. The Morgan fingerprint density at radius 3 is 1.69 bits per heavy atom. The van der Waals surface area contributed by atoms with Crippen molar-refractivity contribution in [3.8, 4) is 5.75 Å². The van der Waals surface area contributed by atoms with Crippen molar-refractivity contribution in [1.29, 1.82) is 0 Å². The quantitative estimate of drug-likeness (QED) is 0.149. The number of rotatable bonds is 14. The van der Waals surface area contributed by atoms with Crippen molar-refractivity contribution in [2.75, 3.05) is 0 Å². The van der Waals surface area contributed by atoms with Crippen LogP contribution < -0.4 is 8.31 Å². The molecule has 1 N–H and O–H groups in total. The van der Waals surface area contributed by atoms with Crippen molar-refractivity contribution in [2.45, 2.75) is 137 Å². The number of benzene rings is 1.